The third kappa shape index (κ3) is 3.69. The van der Waals surface area contributed by atoms with E-state index in [1.807, 2.05) is 6.07 Å². The highest BCUT2D eigenvalue weighted by Crippen LogP contribution is 2.30. The van der Waals surface area contributed by atoms with E-state index in [1.165, 1.54) is 0 Å². The molecule has 0 atom stereocenters. The highest BCUT2D eigenvalue weighted by Gasteiger charge is 2.17. The largest absolute Gasteiger partial charge is 0.461 e. The fraction of sp³-hybridized carbons (Fsp3) is 0.0526. The molecular weight excluding hydrogens is 359 g/mol. The van der Waals surface area contributed by atoms with Crippen molar-refractivity contribution >= 4 is 34.8 Å². The van der Waals surface area contributed by atoms with Gasteiger partial charge in [0.05, 0.1) is 16.8 Å². The molecule has 0 unspecified atom stereocenters. The van der Waals surface area contributed by atoms with Gasteiger partial charge in [0.15, 0.2) is 0 Å². The molecule has 1 N–H and O–H groups in total. The molecule has 25 heavy (non-hydrogen) atoms. The standard InChI is InChI=1S/C19H12Cl2N2O2/c1-11-16(19(24)23-17-5-3-2-4-12(17)10-22)9-18(25-11)13-6-14(20)8-15(21)7-13/h2-9H,1H3,(H,23,24). The summed E-state index contributed by atoms with van der Waals surface area (Å²) in [5.74, 6) is 0.585. The van der Waals surface area contributed by atoms with E-state index in [2.05, 4.69) is 5.32 Å². The van der Waals surface area contributed by atoms with Gasteiger partial charge in [0.2, 0.25) is 0 Å². The second-order valence-electron chi connectivity index (χ2n) is 5.35. The maximum Gasteiger partial charge on any atom is 0.259 e. The van der Waals surface area contributed by atoms with Crippen molar-refractivity contribution in [1.82, 2.24) is 0 Å². The zero-order valence-electron chi connectivity index (χ0n) is 13.1. The number of nitrogens with zero attached hydrogens (tertiary/aromatic N) is 1. The second kappa shape index (κ2) is 7.02. The van der Waals surface area contributed by atoms with E-state index >= 15 is 0 Å². The lowest BCUT2D eigenvalue weighted by atomic mass is 10.1. The Morgan fingerprint density at radius 3 is 2.48 bits per heavy atom. The molecule has 4 nitrogen and oxygen atoms in total. The molecule has 0 radical (unpaired) electrons. The van der Waals surface area contributed by atoms with Crippen LogP contribution in [0.1, 0.15) is 21.7 Å². The molecule has 0 aliphatic rings. The lowest BCUT2D eigenvalue weighted by Gasteiger charge is -2.05. The topological polar surface area (TPSA) is 66.0 Å². The van der Waals surface area contributed by atoms with E-state index < -0.39 is 0 Å². The van der Waals surface area contributed by atoms with Crippen molar-refractivity contribution in [3.8, 4) is 17.4 Å². The Morgan fingerprint density at radius 2 is 1.80 bits per heavy atom. The van der Waals surface area contributed by atoms with Crippen LogP contribution in [0.3, 0.4) is 0 Å². The molecule has 0 spiro atoms. The van der Waals surface area contributed by atoms with Crippen molar-refractivity contribution in [2.75, 3.05) is 5.32 Å². The predicted molar refractivity (Wildman–Crippen MR) is 98.0 cm³/mol. The number of aryl methyl sites for hydroxylation is 1. The van der Waals surface area contributed by atoms with Crippen LogP contribution in [-0.2, 0) is 0 Å². The number of hydrogen-bond donors (Lipinski definition) is 1. The summed E-state index contributed by atoms with van der Waals surface area (Å²) in [5.41, 5.74) is 1.89. The molecule has 0 bridgehead atoms. The van der Waals surface area contributed by atoms with Gasteiger partial charge in [-0.05, 0) is 43.3 Å². The minimum Gasteiger partial charge on any atom is -0.461 e. The third-order valence-corrected chi connectivity index (χ3v) is 4.04. The number of anilines is 1. The van der Waals surface area contributed by atoms with Crippen molar-refractivity contribution in [3.63, 3.8) is 0 Å². The second-order valence-corrected chi connectivity index (χ2v) is 6.22. The number of nitrogens with one attached hydrogen (secondary N) is 1. The van der Waals surface area contributed by atoms with E-state index in [9.17, 15) is 4.79 Å². The Balaban J connectivity index is 1.92. The minimum atomic E-state index is -0.358. The third-order valence-electron chi connectivity index (χ3n) is 3.61. The number of hydrogen-bond acceptors (Lipinski definition) is 3. The molecule has 2 aromatic carbocycles. The zero-order valence-corrected chi connectivity index (χ0v) is 14.7. The summed E-state index contributed by atoms with van der Waals surface area (Å²) < 4.78 is 5.68. The number of rotatable bonds is 3. The number of benzene rings is 2. The molecule has 1 amide bonds. The first-order valence-electron chi connectivity index (χ1n) is 7.35. The zero-order chi connectivity index (χ0) is 18.0. The molecule has 0 saturated heterocycles. The fourth-order valence-electron chi connectivity index (χ4n) is 2.43. The van der Waals surface area contributed by atoms with Gasteiger partial charge >= 0.3 is 0 Å². The van der Waals surface area contributed by atoms with E-state index in [1.54, 1.807) is 55.5 Å². The van der Waals surface area contributed by atoms with Crippen LogP contribution < -0.4 is 5.32 Å². The van der Waals surface area contributed by atoms with Crippen LogP contribution >= 0.6 is 23.2 Å². The average molecular weight is 371 g/mol. The molecule has 1 aromatic heterocycles. The molecule has 1 heterocycles. The van der Waals surface area contributed by atoms with Gasteiger partial charge in [0, 0.05) is 15.6 Å². The van der Waals surface area contributed by atoms with Crippen LogP contribution in [0.2, 0.25) is 10.0 Å². The Hall–Kier alpha value is -2.74. The number of para-hydroxylation sites is 1. The predicted octanol–water partition coefficient (Wildman–Crippen LogP) is 5.69. The van der Waals surface area contributed by atoms with E-state index in [-0.39, 0.29) is 5.91 Å². The number of furan rings is 1. The highest BCUT2D eigenvalue weighted by atomic mass is 35.5. The lowest BCUT2D eigenvalue weighted by molar-refractivity contribution is 0.102. The Bertz CT molecular complexity index is 983. The summed E-state index contributed by atoms with van der Waals surface area (Å²) in [7, 11) is 0. The molecular formula is C19H12Cl2N2O2. The first-order valence-corrected chi connectivity index (χ1v) is 8.11. The molecule has 3 rings (SSSR count). The highest BCUT2D eigenvalue weighted by molar-refractivity contribution is 6.35. The van der Waals surface area contributed by atoms with Crippen LogP contribution in [-0.4, -0.2) is 5.91 Å². The number of carbonyl (C=O) groups excluding carboxylic acids is 1. The maximum atomic E-state index is 12.5. The monoisotopic (exact) mass is 370 g/mol. The summed E-state index contributed by atoms with van der Waals surface area (Å²) in [5, 5.41) is 12.8. The summed E-state index contributed by atoms with van der Waals surface area (Å²) in [6, 6.07) is 15.5. The molecule has 0 aliphatic carbocycles. The quantitative estimate of drug-likeness (QED) is 0.644. The van der Waals surface area contributed by atoms with Crippen molar-refractivity contribution in [2.24, 2.45) is 0 Å². The smallest absolute Gasteiger partial charge is 0.259 e. The first kappa shape index (κ1) is 17.1. The van der Waals surface area contributed by atoms with Gasteiger partial charge in [-0.2, -0.15) is 5.26 Å². The van der Waals surface area contributed by atoms with Crippen molar-refractivity contribution in [2.45, 2.75) is 6.92 Å². The van der Waals surface area contributed by atoms with Gasteiger partial charge in [-0.3, -0.25) is 4.79 Å². The van der Waals surface area contributed by atoms with Crippen LogP contribution in [0, 0.1) is 18.3 Å². The molecule has 3 aromatic rings. The lowest BCUT2D eigenvalue weighted by Crippen LogP contribution is -2.13. The summed E-state index contributed by atoms with van der Waals surface area (Å²) in [4.78, 5) is 12.5. The van der Waals surface area contributed by atoms with Crippen LogP contribution in [0.15, 0.2) is 52.9 Å². The number of halogens is 2. The fourth-order valence-corrected chi connectivity index (χ4v) is 2.95. The van der Waals surface area contributed by atoms with E-state index in [0.29, 0.717) is 43.9 Å². The average Bonchev–Trinajstić information content (AvgIpc) is 2.96. The Kier molecular flexibility index (Phi) is 4.80. The molecule has 6 heteroatoms. The number of amides is 1. The van der Waals surface area contributed by atoms with Gasteiger partial charge < -0.3 is 9.73 Å². The molecule has 124 valence electrons. The summed E-state index contributed by atoms with van der Waals surface area (Å²) in [6.45, 7) is 1.70. The minimum absolute atomic E-state index is 0.358. The summed E-state index contributed by atoms with van der Waals surface area (Å²) in [6.07, 6.45) is 0. The SMILES string of the molecule is Cc1oc(-c2cc(Cl)cc(Cl)c2)cc1C(=O)Nc1ccccc1C#N. The van der Waals surface area contributed by atoms with Crippen LogP contribution in [0.4, 0.5) is 5.69 Å². The normalized spacial score (nSPS) is 10.3. The van der Waals surface area contributed by atoms with Gasteiger partial charge in [-0.25, -0.2) is 0 Å². The van der Waals surface area contributed by atoms with Gasteiger partial charge in [-0.1, -0.05) is 35.3 Å². The van der Waals surface area contributed by atoms with Crippen molar-refractivity contribution < 1.29 is 9.21 Å². The van der Waals surface area contributed by atoms with E-state index in [0.717, 1.165) is 0 Å². The molecule has 0 saturated carbocycles. The van der Waals surface area contributed by atoms with Gasteiger partial charge in [0.25, 0.3) is 5.91 Å². The molecule has 0 aliphatic heterocycles. The Labute approximate surface area is 154 Å². The van der Waals surface area contributed by atoms with Crippen LogP contribution in [0.5, 0.6) is 0 Å². The van der Waals surface area contributed by atoms with Crippen molar-refractivity contribution in [3.05, 3.63) is 75.5 Å². The van der Waals surface area contributed by atoms with E-state index in [4.69, 9.17) is 32.9 Å². The Morgan fingerprint density at radius 1 is 1.12 bits per heavy atom. The first-order chi connectivity index (χ1) is 12.0. The molecule has 0 fully saturated rings. The van der Waals surface area contributed by atoms with Crippen LogP contribution in [0.25, 0.3) is 11.3 Å². The maximum absolute atomic E-state index is 12.5. The van der Waals surface area contributed by atoms with Gasteiger partial charge in [-0.15, -0.1) is 0 Å². The number of carbonyl (C=O) groups is 1. The number of nitriles is 1. The van der Waals surface area contributed by atoms with Crippen molar-refractivity contribution in [1.29, 1.82) is 5.26 Å². The van der Waals surface area contributed by atoms with Gasteiger partial charge in [0.1, 0.15) is 17.6 Å². The summed E-state index contributed by atoms with van der Waals surface area (Å²) >= 11 is 12.0.